The quantitative estimate of drug-likeness (QED) is 0.775. The van der Waals surface area contributed by atoms with Crippen molar-refractivity contribution in [1.82, 2.24) is 5.32 Å². The van der Waals surface area contributed by atoms with E-state index in [9.17, 15) is 9.59 Å². The molecule has 2 N–H and O–H groups in total. The van der Waals surface area contributed by atoms with Gasteiger partial charge in [0.1, 0.15) is 0 Å². The summed E-state index contributed by atoms with van der Waals surface area (Å²) >= 11 is 1.57. The Balaban J connectivity index is 2.30. The number of carboxylic acids is 1. The number of amides is 1. The number of carboxylic acid groups (broad SMARTS) is 1. The number of nitrogens with one attached hydrogen (secondary N) is 1. The highest BCUT2D eigenvalue weighted by Crippen LogP contribution is 2.20. The zero-order valence-electron chi connectivity index (χ0n) is 12.8. The Morgan fingerprint density at radius 3 is 2.48 bits per heavy atom. The molecular formula is C16H23NO3S. The van der Waals surface area contributed by atoms with Crippen LogP contribution in [0.1, 0.15) is 32.8 Å². The van der Waals surface area contributed by atoms with Gasteiger partial charge in [0.05, 0.1) is 10.7 Å². The Labute approximate surface area is 130 Å². The van der Waals surface area contributed by atoms with Crippen LogP contribution in [0.15, 0.2) is 30.3 Å². The highest BCUT2D eigenvalue weighted by atomic mass is 32.2. The number of hydrogen-bond acceptors (Lipinski definition) is 3. The molecule has 5 heteroatoms. The number of carbonyl (C=O) groups excluding carboxylic acids is 1. The predicted molar refractivity (Wildman–Crippen MR) is 86.2 cm³/mol. The van der Waals surface area contributed by atoms with E-state index < -0.39 is 11.4 Å². The van der Waals surface area contributed by atoms with Crippen molar-refractivity contribution < 1.29 is 14.7 Å². The summed E-state index contributed by atoms with van der Waals surface area (Å²) in [6.07, 6.45) is 0.421. The molecule has 1 aromatic carbocycles. The van der Waals surface area contributed by atoms with Gasteiger partial charge in [0.25, 0.3) is 0 Å². The molecule has 116 valence electrons. The zero-order valence-corrected chi connectivity index (χ0v) is 13.6. The van der Waals surface area contributed by atoms with Gasteiger partial charge in [-0.15, -0.1) is 11.8 Å². The molecule has 0 saturated heterocycles. The normalized spacial score (nSPS) is 12.7. The van der Waals surface area contributed by atoms with Gasteiger partial charge in [-0.1, -0.05) is 30.3 Å². The van der Waals surface area contributed by atoms with Gasteiger partial charge in [-0.05, 0) is 32.8 Å². The molecule has 0 aromatic heterocycles. The lowest BCUT2D eigenvalue weighted by Gasteiger charge is -2.19. The van der Waals surface area contributed by atoms with Gasteiger partial charge in [-0.25, -0.2) is 0 Å². The molecule has 0 heterocycles. The maximum atomic E-state index is 11.9. The minimum Gasteiger partial charge on any atom is -0.481 e. The largest absolute Gasteiger partial charge is 0.481 e. The number of benzene rings is 1. The molecule has 0 bridgehead atoms. The second-order valence-corrected chi connectivity index (χ2v) is 7.00. The summed E-state index contributed by atoms with van der Waals surface area (Å²) in [6.45, 7) is 5.57. The fourth-order valence-corrected chi connectivity index (χ4v) is 2.49. The molecule has 1 aromatic rings. The standard InChI is InChI=1S/C16H23NO3S/c1-12(21-11-13-7-5-4-6-8-13)14(18)17-10-9-16(2,3)15(19)20/h4-8,12H,9-11H2,1-3H3,(H,17,18)(H,19,20). The second kappa shape index (κ2) is 8.08. The van der Waals surface area contributed by atoms with E-state index in [4.69, 9.17) is 5.11 Å². The van der Waals surface area contributed by atoms with Crippen molar-refractivity contribution in [2.75, 3.05) is 6.54 Å². The molecule has 4 nitrogen and oxygen atoms in total. The van der Waals surface area contributed by atoms with Crippen molar-refractivity contribution in [2.24, 2.45) is 5.41 Å². The van der Waals surface area contributed by atoms with Crippen molar-refractivity contribution in [3.63, 3.8) is 0 Å². The monoisotopic (exact) mass is 309 g/mol. The van der Waals surface area contributed by atoms with E-state index in [1.807, 2.05) is 37.3 Å². The molecular weight excluding hydrogens is 286 g/mol. The molecule has 0 spiro atoms. The Kier molecular flexibility index (Phi) is 6.75. The smallest absolute Gasteiger partial charge is 0.309 e. The van der Waals surface area contributed by atoms with Crippen molar-refractivity contribution in [1.29, 1.82) is 0 Å². The van der Waals surface area contributed by atoms with Crippen LogP contribution in [0.5, 0.6) is 0 Å². The highest BCUT2D eigenvalue weighted by Gasteiger charge is 2.26. The SMILES string of the molecule is CC(SCc1ccccc1)C(=O)NCCC(C)(C)C(=O)O. The van der Waals surface area contributed by atoms with Gasteiger partial charge in [-0.2, -0.15) is 0 Å². The molecule has 21 heavy (non-hydrogen) atoms. The summed E-state index contributed by atoms with van der Waals surface area (Å²) < 4.78 is 0. The molecule has 0 aliphatic heterocycles. The molecule has 1 unspecified atom stereocenters. The predicted octanol–water partition coefficient (Wildman–Crippen LogP) is 2.93. The average Bonchev–Trinajstić information content (AvgIpc) is 2.45. The number of aliphatic carboxylic acids is 1. The summed E-state index contributed by atoms with van der Waals surface area (Å²) in [5, 5.41) is 11.7. The van der Waals surface area contributed by atoms with Crippen LogP contribution in [0.3, 0.4) is 0 Å². The number of rotatable bonds is 8. The second-order valence-electron chi connectivity index (χ2n) is 5.67. The van der Waals surface area contributed by atoms with E-state index in [1.165, 1.54) is 5.56 Å². The third-order valence-electron chi connectivity index (χ3n) is 3.34. The molecule has 1 amide bonds. The van der Waals surface area contributed by atoms with E-state index in [-0.39, 0.29) is 11.2 Å². The zero-order chi connectivity index (χ0) is 15.9. The van der Waals surface area contributed by atoms with Crippen molar-refractivity contribution in [2.45, 2.75) is 38.2 Å². The summed E-state index contributed by atoms with van der Waals surface area (Å²) in [6, 6.07) is 10.00. The van der Waals surface area contributed by atoms with E-state index in [1.54, 1.807) is 25.6 Å². The van der Waals surface area contributed by atoms with E-state index >= 15 is 0 Å². The minimum absolute atomic E-state index is 0.0443. The van der Waals surface area contributed by atoms with Crippen molar-refractivity contribution in [3.8, 4) is 0 Å². The fraction of sp³-hybridized carbons (Fsp3) is 0.500. The highest BCUT2D eigenvalue weighted by molar-refractivity contribution is 7.99. The number of hydrogen-bond donors (Lipinski definition) is 2. The maximum Gasteiger partial charge on any atom is 0.309 e. The fourth-order valence-electron chi connectivity index (χ4n) is 1.62. The lowest BCUT2D eigenvalue weighted by atomic mass is 9.90. The molecule has 0 radical (unpaired) electrons. The topological polar surface area (TPSA) is 66.4 Å². The molecule has 0 fully saturated rings. The van der Waals surface area contributed by atoms with E-state index in [0.717, 1.165) is 5.75 Å². The van der Waals surface area contributed by atoms with Crippen LogP contribution in [-0.4, -0.2) is 28.8 Å². The Bertz CT molecular complexity index is 474. The third-order valence-corrected chi connectivity index (χ3v) is 4.55. The summed E-state index contributed by atoms with van der Waals surface area (Å²) in [5.41, 5.74) is 0.377. The van der Waals surface area contributed by atoms with E-state index in [2.05, 4.69) is 5.32 Å². The summed E-state index contributed by atoms with van der Waals surface area (Å²) in [7, 11) is 0. The first-order valence-electron chi connectivity index (χ1n) is 6.99. The van der Waals surface area contributed by atoms with Crippen LogP contribution in [-0.2, 0) is 15.3 Å². The van der Waals surface area contributed by atoms with E-state index in [0.29, 0.717) is 13.0 Å². The third kappa shape index (κ3) is 6.21. The lowest BCUT2D eigenvalue weighted by molar-refractivity contribution is -0.147. The Morgan fingerprint density at radius 1 is 1.29 bits per heavy atom. The van der Waals surface area contributed by atoms with Crippen LogP contribution in [0.25, 0.3) is 0 Å². The summed E-state index contributed by atoms with van der Waals surface area (Å²) in [4.78, 5) is 22.9. The molecule has 0 saturated carbocycles. The van der Waals surface area contributed by atoms with Crippen LogP contribution in [0.2, 0.25) is 0 Å². The summed E-state index contributed by atoms with van der Waals surface area (Å²) in [5.74, 6) is -0.101. The van der Waals surface area contributed by atoms with Gasteiger partial charge in [-0.3, -0.25) is 9.59 Å². The minimum atomic E-state index is -0.844. The van der Waals surface area contributed by atoms with Gasteiger partial charge in [0.2, 0.25) is 5.91 Å². The van der Waals surface area contributed by atoms with Gasteiger partial charge in [0, 0.05) is 12.3 Å². The van der Waals surface area contributed by atoms with Crippen LogP contribution in [0, 0.1) is 5.41 Å². The number of thioether (sulfide) groups is 1. The molecule has 1 atom stereocenters. The molecule has 1 rings (SSSR count). The first-order chi connectivity index (χ1) is 9.83. The van der Waals surface area contributed by atoms with Crippen LogP contribution < -0.4 is 5.32 Å². The first kappa shape index (κ1) is 17.6. The van der Waals surface area contributed by atoms with Crippen LogP contribution >= 0.6 is 11.8 Å². The maximum absolute atomic E-state index is 11.9. The Morgan fingerprint density at radius 2 is 1.90 bits per heavy atom. The van der Waals surface area contributed by atoms with Gasteiger partial charge < -0.3 is 10.4 Å². The molecule has 0 aliphatic carbocycles. The average molecular weight is 309 g/mol. The number of carbonyl (C=O) groups is 2. The van der Waals surface area contributed by atoms with Gasteiger partial charge in [0.15, 0.2) is 0 Å². The Hall–Kier alpha value is -1.49. The lowest BCUT2D eigenvalue weighted by Crippen LogP contribution is -2.35. The first-order valence-corrected chi connectivity index (χ1v) is 8.04. The molecule has 0 aliphatic rings. The van der Waals surface area contributed by atoms with Crippen molar-refractivity contribution >= 4 is 23.6 Å². The van der Waals surface area contributed by atoms with Crippen molar-refractivity contribution in [3.05, 3.63) is 35.9 Å². The van der Waals surface area contributed by atoms with Gasteiger partial charge >= 0.3 is 5.97 Å². The van der Waals surface area contributed by atoms with Crippen LogP contribution in [0.4, 0.5) is 0 Å².